The SMILES string of the molecule is COc1cc(Nc2nc(N[C@H](C3CCC3)[C@H](C)NC(=O)O)c(F)cc2C#N)cc(OC)c1. The predicted molar refractivity (Wildman–Crippen MR) is 117 cm³/mol. The number of halogens is 1. The highest BCUT2D eigenvalue weighted by molar-refractivity contribution is 5.68. The van der Waals surface area contributed by atoms with Crippen LogP contribution in [0.2, 0.25) is 0 Å². The second-order valence-electron chi connectivity index (χ2n) is 7.65. The van der Waals surface area contributed by atoms with Gasteiger partial charge in [-0.05, 0) is 31.7 Å². The smallest absolute Gasteiger partial charge is 0.404 e. The van der Waals surface area contributed by atoms with Crippen LogP contribution in [-0.4, -0.2) is 42.5 Å². The summed E-state index contributed by atoms with van der Waals surface area (Å²) in [7, 11) is 3.04. The average molecular weight is 443 g/mol. The third-order valence-corrected chi connectivity index (χ3v) is 5.56. The van der Waals surface area contributed by atoms with Crippen LogP contribution in [0.15, 0.2) is 24.3 Å². The first-order valence-corrected chi connectivity index (χ1v) is 10.2. The lowest BCUT2D eigenvalue weighted by Crippen LogP contribution is -2.50. The Labute approximate surface area is 185 Å². The number of ether oxygens (including phenoxy) is 2. The summed E-state index contributed by atoms with van der Waals surface area (Å²) in [5.74, 6) is 0.652. The van der Waals surface area contributed by atoms with E-state index in [2.05, 4.69) is 20.9 Å². The molecule has 3 rings (SSSR count). The molecule has 1 fully saturated rings. The number of anilines is 3. The van der Waals surface area contributed by atoms with Crippen LogP contribution in [0.25, 0.3) is 0 Å². The standard InChI is InChI=1S/C22H26FN5O4/c1-12(25-22(29)30)19(13-5-4-6-13)27-21-18(23)7-14(11-24)20(28-21)26-15-8-16(31-2)10-17(9-15)32-3/h7-10,12-13,19,25H,4-6H2,1-3H3,(H,29,30)(H2,26,27,28)/t12-,19-/m0/s1. The third-order valence-electron chi connectivity index (χ3n) is 5.56. The van der Waals surface area contributed by atoms with Crippen molar-refractivity contribution >= 4 is 23.4 Å². The summed E-state index contributed by atoms with van der Waals surface area (Å²) in [6.07, 6.45) is 1.72. The van der Waals surface area contributed by atoms with Gasteiger partial charge in [-0.15, -0.1) is 0 Å². The molecule has 0 spiro atoms. The van der Waals surface area contributed by atoms with Gasteiger partial charge in [0, 0.05) is 29.9 Å². The minimum atomic E-state index is -1.15. The minimum absolute atomic E-state index is 0.0201. The number of benzene rings is 1. The number of carboxylic acid groups (broad SMARTS) is 1. The van der Waals surface area contributed by atoms with E-state index >= 15 is 0 Å². The molecule has 0 bridgehead atoms. The van der Waals surface area contributed by atoms with Crippen molar-refractivity contribution in [2.45, 2.75) is 38.3 Å². The van der Waals surface area contributed by atoms with E-state index in [1.165, 1.54) is 14.2 Å². The normalized spacial score (nSPS) is 15.0. The largest absolute Gasteiger partial charge is 0.497 e. The highest BCUT2D eigenvalue weighted by Crippen LogP contribution is 2.34. The number of nitrogens with one attached hydrogen (secondary N) is 3. The van der Waals surface area contributed by atoms with Crippen LogP contribution in [0.1, 0.15) is 31.7 Å². The zero-order chi connectivity index (χ0) is 23.3. The van der Waals surface area contributed by atoms with E-state index in [1.54, 1.807) is 25.1 Å². The van der Waals surface area contributed by atoms with Crippen LogP contribution < -0.4 is 25.4 Å². The zero-order valence-corrected chi connectivity index (χ0v) is 18.1. The molecule has 1 aromatic carbocycles. The van der Waals surface area contributed by atoms with Gasteiger partial charge in [0.2, 0.25) is 0 Å². The van der Waals surface area contributed by atoms with Crippen LogP contribution in [0.5, 0.6) is 11.5 Å². The Hall–Kier alpha value is -3.74. The molecule has 2 aromatic rings. The molecule has 4 N–H and O–H groups in total. The number of hydrogen-bond donors (Lipinski definition) is 4. The first-order chi connectivity index (χ1) is 15.3. The first kappa shape index (κ1) is 22.9. The van der Waals surface area contributed by atoms with Crippen molar-refractivity contribution < 1.29 is 23.8 Å². The van der Waals surface area contributed by atoms with E-state index in [0.717, 1.165) is 25.3 Å². The van der Waals surface area contributed by atoms with Gasteiger partial charge in [-0.3, -0.25) is 0 Å². The van der Waals surface area contributed by atoms with E-state index in [4.69, 9.17) is 14.6 Å². The maximum Gasteiger partial charge on any atom is 0.404 e. The Kier molecular flexibility index (Phi) is 7.20. The lowest BCUT2D eigenvalue weighted by atomic mass is 9.77. The number of nitriles is 1. The highest BCUT2D eigenvalue weighted by Gasteiger charge is 2.33. The van der Waals surface area contributed by atoms with Gasteiger partial charge in [-0.2, -0.15) is 5.26 Å². The Morgan fingerprint density at radius 1 is 1.22 bits per heavy atom. The summed E-state index contributed by atoms with van der Waals surface area (Å²) >= 11 is 0. The van der Waals surface area contributed by atoms with Crippen molar-refractivity contribution in [2.75, 3.05) is 24.9 Å². The lowest BCUT2D eigenvalue weighted by Gasteiger charge is -2.38. The van der Waals surface area contributed by atoms with Crippen LogP contribution in [0, 0.1) is 23.1 Å². The molecule has 2 atom stereocenters. The van der Waals surface area contributed by atoms with Crippen molar-refractivity contribution in [1.82, 2.24) is 10.3 Å². The molecule has 9 nitrogen and oxygen atoms in total. The van der Waals surface area contributed by atoms with Gasteiger partial charge >= 0.3 is 6.09 Å². The summed E-state index contributed by atoms with van der Waals surface area (Å²) in [5.41, 5.74) is 0.561. The quantitative estimate of drug-likeness (QED) is 0.456. The van der Waals surface area contributed by atoms with Gasteiger partial charge in [0.25, 0.3) is 0 Å². The summed E-state index contributed by atoms with van der Waals surface area (Å²) < 4.78 is 25.3. The van der Waals surface area contributed by atoms with Gasteiger partial charge < -0.3 is 30.5 Å². The number of rotatable bonds is 9. The number of carbonyl (C=O) groups is 1. The molecule has 1 aliphatic carbocycles. The molecule has 0 aliphatic heterocycles. The molecule has 170 valence electrons. The number of methoxy groups -OCH3 is 2. The van der Waals surface area contributed by atoms with Crippen molar-refractivity contribution in [2.24, 2.45) is 5.92 Å². The number of nitrogens with zero attached hydrogens (tertiary/aromatic N) is 2. The molecule has 32 heavy (non-hydrogen) atoms. The lowest BCUT2D eigenvalue weighted by molar-refractivity contribution is 0.180. The number of pyridine rings is 1. The van der Waals surface area contributed by atoms with Gasteiger partial charge in [0.1, 0.15) is 17.6 Å². The van der Waals surface area contributed by atoms with E-state index in [1.807, 2.05) is 6.07 Å². The number of amides is 1. The molecule has 0 radical (unpaired) electrons. The molecule has 1 aliphatic rings. The number of hydrogen-bond acceptors (Lipinski definition) is 7. The van der Waals surface area contributed by atoms with Gasteiger partial charge in [-0.1, -0.05) is 6.42 Å². The summed E-state index contributed by atoms with van der Waals surface area (Å²) in [6, 6.07) is 7.31. The van der Waals surface area contributed by atoms with Crippen molar-refractivity contribution in [3.05, 3.63) is 35.6 Å². The predicted octanol–water partition coefficient (Wildman–Crippen LogP) is 4.09. The fraction of sp³-hybridized carbons (Fsp3) is 0.409. The van der Waals surface area contributed by atoms with Crippen LogP contribution in [-0.2, 0) is 0 Å². The second-order valence-corrected chi connectivity index (χ2v) is 7.65. The second kappa shape index (κ2) is 10.0. The molecule has 0 unspecified atom stereocenters. The van der Waals surface area contributed by atoms with Crippen molar-refractivity contribution in [1.29, 1.82) is 5.26 Å². The maximum atomic E-state index is 14.8. The molecular weight excluding hydrogens is 417 g/mol. The van der Waals surface area contributed by atoms with Crippen molar-refractivity contribution in [3.63, 3.8) is 0 Å². The topological polar surface area (TPSA) is 129 Å². The minimum Gasteiger partial charge on any atom is -0.497 e. The molecule has 1 saturated carbocycles. The third kappa shape index (κ3) is 5.29. The maximum absolute atomic E-state index is 14.8. The van der Waals surface area contributed by atoms with Gasteiger partial charge in [0.15, 0.2) is 17.5 Å². The molecule has 0 saturated heterocycles. The van der Waals surface area contributed by atoms with Gasteiger partial charge in [0.05, 0.1) is 25.8 Å². The summed E-state index contributed by atoms with van der Waals surface area (Å²) in [6.45, 7) is 1.73. The molecule has 10 heteroatoms. The monoisotopic (exact) mass is 443 g/mol. The highest BCUT2D eigenvalue weighted by atomic mass is 19.1. The Bertz CT molecular complexity index is 1000. The Morgan fingerprint density at radius 3 is 2.38 bits per heavy atom. The molecular formula is C22H26FN5O4. The zero-order valence-electron chi connectivity index (χ0n) is 18.1. The molecule has 1 heterocycles. The van der Waals surface area contributed by atoms with Gasteiger partial charge in [-0.25, -0.2) is 14.2 Å². The molecule has 1 aromatic heterocycles. The Balaban J connectivity index is 1.92. The number of aromatic nitrogens is 1. The van der Waals surface area contributed by atoms with Crippen LogP contribution in [0.4, 0.5) is 26.5 Å². The van der Waals surface area contributed by atoms with E-state index in [-0.39, 0.29) is 29.2 Å². The van der Waals surface area contributed by atoms with Crippen LogP contribution in [0.3, 0.4) is 0 Å². The summed E-state index contributed by atoms with van der Waals surface area (Å²) in [4.78, 5) is 15.4. The fourth-order valence-electron chi connectivity index (χ4n) is 3.68. The fourth-order valence-corrected chi connectivity index (χ4v) is 3.68. The summed E-state index contributed by atoms with van der Waals surface area (Å²) in [5, 5.41) is 27.1. The first-order valence-electron chi connectivity index (χ1n) is 10.2. The average Bonchev–Trinajstić information content (AvgIpc) is 2.72. The molecule has 1 amide bonds. The van der Waals surface area contributed by atoms with E-state index in [9.17, 15) is 14.4 Å². The van der Waals surface area contributed by atoms with E-state index < -0.39 is 18.0 Å². The van der Waals surface area contributed by atoms with Crippen molar-refractivity contribution in [3.8, 4) is 17.6 Å². The Morgan fingerprint density at radius 2 is 1.88 bits per heavy atom. The van der Waals surface area contributed by atoms with E-state index in [0.29, 0.717) is 17.2 Å². The van der Waals surface area contributed by atoms with Crippen LogP contribution >= 0.6 is 0 Å².